The lowest BCUT2D eigenvalue weighted by atomic mass is 10.0. The molecule has 0 aliphatic rings. The lowest BCUT2D eigenvalue weighted by Crippen LogP contribution is -2.32. The number of aliphatic hydroxyl groups is 1. The summed E-state index contributed by atoms with van der Waals surface area (Å²) in [5.74, 6) is -2.77. The van der Waals surface area contributed by atoms with Gasteiger partial charge in [0.2, 0.25) is 0 Å². The molecular formula is C96H145N7O19. The maximum absolute atomic E-state index is 12.8. The van der Waals surface area contributed by atoms with Crippen molar-refractivity contribution >= 4 is 53.3 Å². The van der Waals surface area contributed by atoms with Crippen LogP contribution in [0, 0.1) is 0 Å². The molecular weight excluding hydrogens is 1560 g/mol. The maximum atomic E-state index is 12.8. The normalized spacial score (nSPS) is 11.3. The minimum atomic E-state index is -1.16. The van der Waals surface area contributed by atoms with E-state index in [9.17, 15) is 43.2 Å². The largest absolute Gasteiger partial charge is 0.478 e. The van der Waals surface area contributed by atoms with Gasteiger partial charge in [-0.2, -0.15) is 0 Å². The van der Waals surface area contributed by atoms with Crippen molar-refractivity contribution < 1.29 is 91.6 Å². The predicted octanol–water partition coefficient (Wildman–Crippen LogP) is 16.3. The number of ether oxygens (including phenoxy) is 7. The van der Waals surface area contributed by atoms with Gasteiger partial charge in [-0.3, -0.25) is 33.6 Å². The fraction of sp³-hybridized carbons (Fsp3) is 0.531. The van der Waals surface area contributed by atoms with Gasteiger partial charge in [0.15, 0.2) is 0 Å². The molecule has 26 nitrogen and oxygen atoms in total. The van der Waals surface area contributed by atoms with E-state index < -0.39 is 11.9 Å². The number of benzene rings is 6. The molecule has 0 aliphatic heterocycles. The highest BCUT2D eigenvalue weighted by Gasteiger charge is 2.24. The van der Waals surface area contributed by atoms with Crippen LogP contribution in [0.3, 0.4) is 0 Å². The fourth-order valence-electron chi connectivity index (χ4n) is 10.4. The first-order chi connectivity index (χ1) is 56.3. The molecule has 6 aromatic carbocycles. The Morgan fingerprint density at radius 3 is 0.730 bits per heavy atom. The molecule has 0 atom stereocenters. The van der Waals surface area contributed by atoms with E-state index in [-0.39, 0.29) is 99.3 Å². The van der Waals surface area contributed by atoms with E-state index in [2.05, 4.69) is 0 Å². The molecule has 0 unspecified atom stereocenters. The molecule has 6 aromatic rings. The van der Waals surface area contributed by atoms with Crippen molar-refractivity contribution in [2.24, 2.45) is 0 Å². The van der Waals surface area contributed by atoms with Crippen LogP contribution in [0.2, 0.25) is 0 Å². The molecule has 7 amide bonds. The lowest BCUT2D eigenvalue weighted by Gasteiger charge is -2.23. The Hall–Kier alpha value is -9.77. The number of aliphatic hydroxyl groups excluding tert-OH is 1. The Bertz CT molecular complexity index is 4180. The lowest BCUT2D eigenvalue weighted by molar-refractivity contribution is -0.0153. The van der Waals surface area contributed by atoms with E-state index in [0.717, 1.165) is 33.9 Å². The average Bonchev–Trinajstić information content (AvgIpc) is 0.820. The summed E-state index contributed by atoms with van der Waals surface area (Å²) in [6.45, 7) is 49.7. The summed E-state index contributed by atoms with van der Waals surface area (Å²) in [5, 5.41) is 26.7. The van der Waals surface area contributed by atoms with Gasteiger partial charge in [0, 0.05) is 142 Å². The van der Waals surface area contributed by atoms with Crippen molar-refractivity contribution in [3.8, 4) is 0 Å². The van der Waals surface area contributed by atoms with Crippen LogP contribution < -0.4 is 0 Å². The van der Waals surface area contributed by atoms with Crippen molar-refractivity contribution in [2.45, 2.75) is 226 Å². The number of rotatable bonds is 30. The number of amides is 7. The van der Waals surface area contributed by atoms with Crippen molar-refractivity contribution in [1.82, 2.24) is 34.3 Å². The Morgan fingerprint density at radius 2 is 0.500 bits per heavy atom. The number of aromatic carboxylic acids is 2. The van der Waals surface area contributed by atoms with Gasteiger partial charge in [0.1, 0.15) is 0 Å². The molecule has 0 aliphatic carbocycles. The highest BCUT2D eigenvalue weighted by atomic mass is 16.5. The highest BCUT2D eigenvalue weighted by molar-refractivity contribution is 6.01. The van der Waals surface area contributed by atoms with E-state index in [0.29, 0.717) is 123 Å². The van der Waals surface area contributed by atoms with Gasteiger partial charge in [0.05, 0.1) is 97.6 Å². The van der Waals surface area contributed by atoms with Crippen molar-refractivity contribution in [3.63, 3.8) is 0 Å². The maximum Gasteiger partial charge on any atom is 0.335 e. The zero-order valence-electron chi connectivity index (χ0n) is 79.0. The smallest absolute Gasteiger partial charge is 0.335 e. The number of carbonyl (C=O) groups is 9. The third-order valence-electron chi connectivity index (χ3n) is 17.1. The molecule has 26 heteroatoms. The van der Waals surface area contributed by atoms with Gasteiger partial charge in [-0.25, -0.2) is 9.59 Å². The van der Waals surface area contributed by atoms with Crippen LogP contribution in [0.1, 0.15) is 279 Å². The van der Waals surface area contributed by atoms with Crippen molar-refractivity contribution in [3.05, 3.63) is 211 Å². The molecule has 0 spiro atoms. The number of hydrogen-bond donors (Lipinski definition) is 3. The number of carbonyl (C=O) groups excluding carboxylic acids is 7. The molecule has 6 rings (SSSR count). The summed E-state index contributed by atoms with van der Waals surface area (Å²) >= 11 is 0. The van der Waals surface area contributed by atoms with Crippen molar-refractivity contribution in [1.29, 1.82) is 0 Å². The first-order valence-corrected chi connectivity index (χ1v) is 41.2. The second-order valence-electron chi connectivity index (χ2n) is 35.6. The fourth-order valence-corrected chi connectivity index (χ4v) is 10.4. The van der Waals surface area contributed by atoms with Crippen LogP contribution in [-0.4, -0.2) is 252 Å². The molecule has 0 bridgehead atoms. The van der Waals surface area contributed by atoms with Gasteiger partial charge in [-0.05, 0) is 277 Å². The van der Waals surface area contributed by atoms with Gasteiger partial charge in [0.25, 0.3) is 41.4 Å². The molecule has 0 aromatic heterocycles. The van der Waals surface area contributed by atoms with E-state index in [4.69, 9.17) is 48.5 Å². The average molecular weight is 1700 g/mol. The molecule has 0 saturated carbocycles. The van der Waals surface area contributed by atoms with Gasteiger partial charge >= 0.3 is 11.9 Å². The van der Waals surface area contributed by atoms with Gasteiger partial charge in [-0.15, -0.1) is 0 Å². The van der Waals surface area contributed by atoms with Crippen LogP contribution >= 0.6 is 0 Å². The van der Waals surface area contributed by atoms with Crippen LogP contribution in [0.25, 0.3) is 0 Å². The first-order valence-electron chi connectivity index (χ1n) is 41.2. The summed E-state index contributed by atoms with van der Waals surface area (Å²) in [7, 11) is 15.3. The van der Waals surface area contributed by atoms with Crippen molar-refractivity contribution in [2.75, 3.05) is 116 Å². The number of carboxylic acids is 2. The molecule has 0 fully saturated rings. The molecule has 0 heterocycles. The predicted molar refractivity (Wildman–Crippen MR) is 481 cm³/mol. The second kappa shape index (κ2) is 52.0. The number of hydrogen-bond acceptors (Lipinski definition) is 17. The number of likely N-dealkylation sites (N-methyl/N-ethyl adjacent to an activating group) is 2. The molecule has 3 N–H and O–H groups in total. The van der Waals surface area contributed by atoms with E-state index in [1.54, 1.807) is 113 Å². The quantitative estimate of drug-likeness (QED) is 0.0377. The molecule has 678 valence electrons. The Balaban J connectivity index is 0.000000736. The summed E-state index contributed by atoms with van der Waals surface area (Å²) in [4.78, 5) is 119. The van der Waals surface area contributed by atoms with E-state index in [1.807, 2.05) is 231 Å². The number of carboxylic acid groups (broad SMARTS) is 2. The number of methoxy groups -OCH3 is 1. The standard InChI is InChI=1S/C21H34N2O3.C17H26N2O3.C16H25NO3.C15H23NO3.C14H21NO2.C13H16O5/c1-8-22(9-2)19(24)17-12-16(15-26-21(5,6)7)13-18(14-17)20(25)23(10-3)11-4;1-17(2,3)22-11-12-8-13(15(20)18(4)5)10-14(9-12)16(21)19(6)7;1-16(2,3)20-12-13-7-6-8-14(11-13)15(18)17(4)9-10-19-5;1-15(2,3)19-11-12-6-5-7-13(10-12)14(18)16(4)8-9-17;1-14(2,3)17-10-11-7-6-8-12(9-11)13(16)15(4)5;1-13(2,3)18-7-8-4-9(11(14)15)6-10(5-8)12(16)17/h12-14H,8-11,15H2,1-7H3;8-10H,11H2,1-7H3;6-8,11H,9-10,12H2,1-5H3;5-7,10,17H,8-9,11H2,1-4H3;6-9H,10H2,1-5H3;4-6H,7H2,1-3H3,(H,14,15)(H,16,17). The molecule has 0 saturated heterocycles. The SMILES string of the molecule is CC(C)(C)OCc1cc(C(=O)O)cc(C(=O)O)c1.CCN(CC)C(=O)c1cc(COC(C)(C)C)cc(C(=O)N(CC)CC)c1.CN(C)C(=O)c1cc(COC(C)(C)C)cc(C(=O)N(C)C)c1.CN(C)C(=O)c1cccc(COC(C)(C)C)c1.CN(CCO)C(=O)c1cccc(COC(C)(C)C)c1.COCCN(C)C(=O)c1cccc(COC(C)(C)C)c1. The monoisotopic (exact) mass is 1700 g/mol. The van der Waals surface area contributed by atoms with Crippen LogP contribution in [0.15, 0.2) is 127 Å². The summed E-state index contributed by atoms with van der Waals surface area (Å²) < 4.78 is 39.2. The Morgan fingerprint density at radius 1 is 0.287 bits per heavy atom. The minimum Gasteiger partial charge on any atom is -0.478 e. The van der Waals surface area contributed by atoms with E-state index >= 15 is 0 Å². The summed E-state index contributed by atoms with van der Waals surface area (Å²) in [5.41, 5.74) is 7.64. The summed E-state index contributed by atoms with van der Waals surface area (Å²) in [6.07, 6.45) is 0. The van der Waals surface area contributed by atoms with E-state index in [1.165, 1.54) is 26.8 Å². The van der Waals surface area contributed by atoms with Crippen LogP contribution in [-0.2, 0) is 72.8 Å². The Labute approximate surface area is 728 Å². The zero-order chi connectivity index (χ0) is 93.6. The third kappa shape index (κ3) is 44.9. The van der Waals surface area contributed by atoms with Crippen LogP contribution in [0.4, 0.5) is 0 Å². The molecule has 0 radical (unpaired) electrons. The summed E-state index contributed by atoms with van der Waals surface area (Å²) in [6, 6.07) is 37.1. The second-order valence-corrected chi connectivity index (χ2v) is 35.6. The number of nitrogens with zero attached hydrogens (tertiary/aromatic N) is 7. The topological polar surface area (TPSA) is 302 Å². The highest BCUT2D eigenvalue weighted by Crippen LogP contribution is 2.24. The van der Waals surface area contributed by atoms with Gasteiger partial charge < -0.3 is 82.8 Å². The zero-order valence-corrected chi connectivity index (χ0v) is 79.0. The van der Waals surface area contributed by atoms with Crippen LogP contribution in [0.5, 0.6) is 0 Å². The molecule has 122 heavy (non-hydrogen) atoms. The minimum absolute atomic E-state index is 0.000316. The first kappa shape index (κ1) is 110. The third-order valence-corrected chi connectivity index (χ3v) is 17.1. The Kier molecular flexibility index (Phi) is 47.0. The van der Waals surface area contributed by atoms with Gasteiger partial charge in [-0.1, -0.05) is 36.4 Å².